The van der Waals surface area contributed by atoms with Crippen molar-refractivity contribution in [2.75, 3.05) is 13.2 Å². The van der Waals surface area contributed by atoms with Gasteiger partial charge in [0.05, 0.1) is 0 Å². The number of alkyl carbamates (subject to hydrolysis) is 1. The molecule has 0 fully saturated rings. The molecule has 3 aromatic rings. The number of benzene rings is 2. The maximum absolute atomic E-state index is 12.2. The predicted octanol–water partition coefficient (Wildman–Crippen LogP) is 3.32. The molecule has 1 aliphatic rings. The molecule has 1 aliphatic carbocycles. The van der Waals surface area contributed by atoms with Crippen LogP contribution in [0.25, 0.3) is 11.1 Å². The molecule has 4 rings (SSSR count). The monoisotopic (exact) mass is 404 g/mol. The van der Waals surface area contributed by atoms with Gasteiger partial charge in [0, 0.05) is 30.4 Å². The van der Waals surface area contributed by atoms with Crippen molar-refractivity contribution in [1.82, 2.24) is 10.3 Å². The average Bonchev–Trinajstić information content (AvgIpc) is 3.09. The summed E-state index contributed by atoms with van der Waals surface area (Å²) in [6, 6.07) is 18.0. The molecular formula is C24H24N2O4. The zero-order valence-corrected chi connectivity index (χ0v) is 16.7. The van der Waals surface area contributed by atoms with Gasteiger partial charge < -0.3 is 20.3 Å². The third kappa shape index (κ3) is 3.92. The number of aliphatic hydroxyl groups is 2. The van der Waals surface area contributed by atoms with E-state index in [2.05, 4.69) is 34.6 Å². The van der Waals surface area contributed by atoms with E-state index < -0.39 is 18.3 Å². The Hall–Kier alpha value is -3.22. The third-order valence-electron chi connectivity index (χ3n) is 5.56. The second kappa shape index (κ2) is 8.65. The first-order valence-corrected chi connectivity index (χ1v) is 9.91. The van der Waals surface area contributed by atoms with Gasteiger partial charge in [-0.2, -0.15) is 0 Å². The van der Waals surface area contributed by atoms with E-state index in [4.69, 9.17) is 4.74 Å². The predicted molar refractivity (Wildman–Crippen MR) is 113 cm³/mol. The summed E-state index contributed by atoms with van der Waals surface area (Å²) >= 11 is 0. The molecule has 1 amide bonds. The number of amides is 1. The topological polar surface area (TPSA) is 91.7 Å². The molecule has 0 radical (unpaired) electrons. The normalized spacial score (nSPS) is 14.5. The van der Waals surface area contributed by atoms with E-state index in [0.717, 1.165) is 27.8 Å². The summed E-state index contributed by atoms with van der Waals surface area (Å²) < 4.78 is 5.44. The Morgan fingerprint density at radius 2 is 1.70 bits per heavy atom. The van der Waals surface area contributed by atoms with Gasteiger partial charge in [0.2, 0.25) is 0 Å². The lowest BCUT2D eigenvalue weighted by Crippen LogP contribution is -2.36. The fourth-order valence-corrected chi connectivity index (χ4v) is 3.94. The minimum absolute atomic E-state index is 0.0308. The standard InChI is InChI=1S/C24H24N2O4/c1-15-10-11-25-12-20(15)23(28)22(27)13-26-24(29)30-14-21-18-8-4-2-6-16(18)17-7-3-5-9-19(17)21/h2-12,21-23,27-28H,13-14H2,1H3,(H,26,29). The molecule has 0 saturated heterocycles. The first kappa shape index (κ1) is 20.1. The van der Waals surface area contributed by atoms with Crippen molar-refractivity contribution in [3.63, 3.8) is 0 Å². The Morgan fingerprint density at radius 1 is 1.07 bits per heavy atom. The first-order chi connectivity index (χ1) is 14.6. The highest BCUT2D eigenvalue weighted by Crippen LogP contribution is 2.44. The molecule has 0 bridgehead atoms. The number of rotatable bonds is 6. The second-order valence-corrected chi connectivity index (χ2v) is 7.45. The molecule has 1 heterocycles. The molecule has 6 heteroatoms. The van der Waals surface area contributed by atoms with Gasteiger partial charge in [-0.1, -0.05) is 48.5 Å². The summed E-state index contributed by atoms with van der Waals surface area (Å²) in [5.74, 6) is -0.0308. The molecule has 3 N–H and O–H groups in total. The van der Waals surface area contributed by atoms with Crippen molar-refractivity contribution in [3.8, 4) is 11.1 Å². The van der Waals surface area contributed by atoms with Crippen LogP contribution in [0.2, 0.25) is 0 Å². The van der Waals surface area contributed by atoms with Gasteiger partial charge in [-0.3, -0.25) is 4.98 Å². The van der Waals surface area contributed by atoms with E-state index in [0.29, 0.717) is 5.56 Å². The Kier molecular flexibility index (Phi) is 5.79. The second-order valence-electron chi connectivity index (χ2n) is 7.45. The van der Waals surface area contributed by atoms with E-state index in [1.165, 1.54) is 6.20 Å². The van der Waals surface area contributed by atoms with Crippen LogP contribution in [0.1, 0.15) is 34.3 Å². The number of aliphatic hydroxyl groups excluding tert-OH is 2. The van der Waals surface area contributed by atoms with Gasteiger partial charge in [0.1, 0.15) is 18.8 Å². The van der Waals surface area contributed by atoms with E-state index in [-0.39, 0.29) is 19.1 Å². The number of nitrogens with zero attached hydrogens (tertiary/aromatic N) is 1. The Bertz CT molecular complexity index is 1010. The van der Waals surface area contributed by atoms with Crippen LogP contribution in [0.4, 0.5) is 4.79 Å². The summed E-state index contributed by atoms with van der Waals surface area (Å²) in [5.41, 5.74) is 5.93. The van der Waals surface area contributed by atoms with Crippen LogP contribution in [0.3, 0.4) is 0 Å². The summed E-state index contributed by atoms with van der Waals surface area (Å²) in [6.07, 6.45) is 0.177. The van der Waals surface area contributed by atoms with Crippen LogP contribution in [0.15, 0.2) is 67.0 Å². The van der Waals surface area contributed by atoms with Gasteiger partial charge in [-0.25, -0.2) is 4.79 Å². The number of carbonyl (C=O) groups is 1. The highest BCUT2D eigenvalue weighted by molar-refractivity contribution is 5.79. The van der Waals surface area contributed by atoms with Gasteiger partial charge in [0.25, 0.3) is 0 Å². The van der Waals surface area contributed by atoms with Crippen molar-refractivity contribution in [2.45, 2.75) is 25.0 Å². The van der Waals surface area contributed by atoms with Crippen molar-refractivity contribution in [2.24, 2.45) is 0 Å². The zero-order chi connectivity index (χ0) is 21.1. The minimum Gasteiger partial charge on any atom is -0.449 e. The van der Waals surface area contributed by atoms with Gasteiger partial charge in [-0.15, -0.1) is 0 Å². The number of aromatic nitrogens is 1. The summed E-state index contributed by atoms with van der Waals surface area (Å²) in [7, 11) is 0. The number of ether oxygens (including phenoxy) is 1. The van der Waals surface area contributed by atoms with Crippen molar-refractivity contribution < 1.29 is 19.7 Å². The van der Waals surface area contributed by atoms with Crippen LogP contribution in [0, 0.1) is 6.92 Å². The highest BCUT2D eigenvalue weighted by atomic mass is 16.5. The zero-order valence-electron chi connectivity index (χ0n) is 16.7. The fourth-order valence-electron chi connectivity index (χ4n) is 3.94. The van der Waals surface area contributed by atoms with E-state index in [1.54, 1.807) is 12.3 Å². The van der Waals surface area contributed by atoms with Gasteiger partial charge >= 0.3 is 6.09 Å². The minimum atomic E-state index is -1.17. The molecule has 2 unspecified atom stereocenters. The number of aryl methyl sites for hydroxylation is 1. The number of pyridine rings is 1. The van der Waals surface area contributed by atoms with Gasteiger partial charge in [0.15, 0.2) is 0 Å². The summed E-state index contributed by atoms with van der Waals surface area (Å²) in [4.78, 5) is 16.2. The fraction of sp³-hybridized carbons (Fsp3) is 0.250. The molecule has 0 saturated carbocycles. The molecule has 154 valence electrons. The van der Waals surface area contributed by atoms with E-state index >= 15 is 0 Å². The quantitative estimate of drug-likeness (QED) is 0.586. The van der Waals surface area contributed by atoms with Crippen molar-refractivity contribution >= 4 is 6.09 Å². The number of hydrogen-bond donors (Lipinski definition) is 3. The molecule has 2 aromatic carbocycles. The molecule has 6 nitrogen and oxygen atoms in total. The smallest absolute Gasteiger partial charge is 0.407 e. The van der Waals surface area contributed by atoms with Crippen molar-refractivity contribution in [3.05, 3.63) is 89.2 Å². The highest BCUT2D eigenvalue weighted by Gasteiger charge is 2.29. The SMILES string of the molecule is Cc1ccncc1C(O)C(O)CNC(=O)OCC1c2ccccc2-c2ccccc21. The summed E-state index contributed by atoms with van der Waals surface area (Å²) in [5, 5.41) is 23.1. The summed E-state index contributed by atoms with van der Waals surface area (Å²) in [6.45, 7) is 1.89. The third-order valence-corrected chi connectivity index (χ3v) is 5.56. The van der Waals surface area contributed by atoms with E-state index in [1.807, 2.05) is 31.2 Å². The molecular weight excluding hydrogens is 380 g/mol. The maximum Gasteiger partial charge on any atom is 0.407 e. The molecule has 2 atom stereocenters. The first-order valence-electron chi connectivity index (χ1n) is 9.91. The molecule has 0 aliphatic heterocycles. The van der Waals surface area contributed by atoms with Gasteiger partial charge in [-0.05, 0) is 40.8 Å². The number of hydrogen-bond acceptors (Lipinski definition) is 5. The lowest BCUT2D eigenvalue weighted by Gasteiger charge is -2.20. The van der Waals surface area contributed by atoms with Crippen LogP contribution >= 0.6 is 0 Å². The molecule has 0 spiro atoms. The lowest BCUT2D eigenvalue weighted by atomic mass is 9.98. The Balaban J connectivity index is 1.35. The number of nitrogens with one attached hydrogen (secondary N) is 1. The number of fused-ring (bicyclic) bond motifs is 3. The van der Waals surface area contributed by atoms with Crippen LogP contribution < -0.4 is 5.32 Å². The average molecular weight is 404 g/mol. The Labute approximate surface area is 175 Å². The van der Waals surface area contributed by atoms with Crippen LogP contribution in [-0.4, -0.2) is 40.5 Å². The van der Waals surface area contributed by atoms with E-state index in [9.17, 15) is 15.0 Å². The lowest BCUT2D eigenvalue weighted by molar-refractivity contribution is 0.0180. The van der Waals surface area contributed by atoms with Crippen LogP contribution in [0.5, 0.6) is 0 Å². The molecule has 1 aromatic heterocycles. The van der Waals surface area contributed by atoms with Crippen molar-refractivity contribution in [1.29, 1.82) is 0 Å². The van der Waals surface area contributed by atoms with Crippen LogP contribution in [-0.2, 0) is 4.74 Å². The Morgan fingerprint density at radius 3 is 2.33 bits per heavy atom. The largest absolute Gasteiger partial charge is 0.449 e. The number of carbonyl (C=O) groups excluding carboxylic acids is 1. The molecule has 30 heavy (non-hydrogen) atoms. The maximum atomic E-state index is 12.2.